The maximum atomic E-state index is 6.23. The summed E-state index contributed by atoms with van der Waals surface area (Å²) < 4.78 is 12.2. The van der Waals surface area contributed by atoms with Crippen LogP contribution in [-0.4, -0.2) is 11.1 Å². The summed E-state index contributed by atoms with van der Waals surface area (Å²) in [6.07, 6.45) is 8.96. The molecular weight excluding hydrogens is 262 g/mol. The van der Waals surface area contributed by atoms with Gasteiger partial charge in [0.25, 0.3) is 0 Å². The molecule has 3 nitrogen and oxygen atoms in total. The fourth-order valence-electron chi connectivity index (χ4n) is 3.25. The molecule has 0 bridgehead atoms. The molecule has 1 aliphatic carbocycles. The van der Waals surface area contributed by atoms with E-state index in [4.69, 9.17) is 9.47 Å². The Balaban J connectivity index is 1.66. The van der Waals surface area contributed by atoms with Crippen LogP contribution in [0.1, 0.15) is 36.8 Å². The van der Waals surface area contributed by atoms with Crippen LogP contribution in [0.3, 0.4) is 0 Å². The molecule has 108 valence electrons. The van der Waals surface area contributed by atoms with Gasteiger partial charge in [-0.1, -0.05) is 12.1 Å². The number of pyridine rings is 1. The first-order valence-corrected chi connectivity index (χ1v) is 7.80. The minimum absolute atomic E-state index is 0.375. The van der Waals surface area contributed by atoms with Gasteiger partial charge in [0.2, 0.25) is 5.88 Å². The van der Waals surface area contributed by atoms with Crippen molar-refractivity contribution in [2.24, 2.45) is 0 Å². The van der Waals surface area contributed by atoms with Gasteiger partial charge in [0.15, 0.2) is 0 Å². The first kappa shape index (κ1) is 12.7. The van der Waals surface area contributed by atoms with E-state index in [2.05, 4.69) is 17.1 Å². The van der Waals surface area contributed by atoms with Crippen molar-refractivity contribution < 1.29 is 9.47 Å². The van der Waals surface area contributed by atoms with Crippen LogP contribution in [0.15, 0.2) is 36.5 Å². The number of nitrogens with zero attached hydrogens (tertiary/aromatic N) is 1. The Labute approximate surface area is 124 Å². The van der Waals surface area contributed by atoms with E-state index in [-0.39, 0.29) is 0 Å². The van der Waals surface area contributed by atoms with E-state index in [1.54, 1.807) is 6.20 Å². The van der Waals surface area contributed by atoms with Crippen molar-refractivity contribution >= 4 is 0 Å². The summed E-state index contributed by atoms with van der Waals surface area (Å²) in [5, 5.41) is 0. The van der Waals surface area contributed by atoms with Crippen LogP contribution in [-0.2, 0) is 12.8 Å². The largest absolute Gasteiger partial charge is 0.490 e. The lowest BCUT2D eigenvalue weighted by atomic mass is 10.0. The Kier molecular flexibility index (Phi) is 3.26. The van der Waals surface area contributed by atoms with Crippen LogP contribution in [0, 0.1) is 0 Å². The van der Waals surface area contributed by atoms with E-state index in [0.29, 0.717) is 6.10 Å². The summed E-state index contributed by atoms with van der Waals surface area (Å²) in [6, 6.07) is 10.2. The molecule has 1 saturated carbocycles. The van der Waals surface area contributed by atoms with E-state index in [1.807, 2.05) is 18.2 Å². The van der Waals surface area contributed by atoms with Gasteiger partial charge in [-0.05, 0) is 56.7 Å². The Morgan fingerprint density at radius 2 is 1.95 bits per heavy atom. The van der Waals surface area contributed by atoms with Gasteiger partial charge in [-0.3, -0.25) is 0 Å². The highest BCUT2D eigenvalue weighted by Crippen LogP contribution is 2.38. The molecule has 1 fully saturated rings. The number of hydrogen-bond donors (Lipinski definition) is 0. The summed E-state index contributed by atoms with van der Waals surface area (Å²) in [6.45, 7) is 0. The van der Waals surface area contributed by atoms with E-state index in [9.17, 15) is 0 Å². The second-order valence-corrected chi connectivity index (χ2v) is 5.83. The zero-order valence-corrected chi connectivity index (χ0v) is 12.0. The number of aryl methyl sites for hydroxylation is 1. The Morgan fingerprint density at radius 3 is 2.86 bits per heavy atom. The van der Waals surface area contributed by atoms with Crippen molar-refractivity contribution in [3.63, 3.8) is 0 Å². The molecule has 2 heterocycles. The van der Waals surface area contributed by atoms with E-state index in [0.717, 1.165) is 30.2 Å². The first-order valence-electron chi connectivity index (χ1n) is 7.80. The highest BCUT2D eigenvalue weighted by atomic mass is 16.5. The highest BCUT2D eigenvalue weighted by molar-refractivity contribution is 5.49. The van der Waals surface area contributed by atoms with Crippen LogP contribution in [0.5, 0.6) is 17.4 Å². The SMILES string of the molecule is c1cnc2c(c1)CCc1c(cccc1OC1CCCC1)O2. The number of rotatable bonds is 2. The van der Waals surface area contributed by atoms with Crippen LogP contribution in [0.25, 0.3) is 0 Å². The quantitative estimate of drug-likeness (QED) is 0.822. The number of ether oxygens (including phenoxy) is 2. The van der Waals surface area contributed by atoms with Gasteiger partial charge in [-0.2, -0.15) is 0 Å². The average Bonchev–Trinajstić information content (AvgIpc) is 2.93. The number of hydrogen-bond acceptors (Lipinski definition) is 3. The van der Waals surface area contributed by atoms with Gasteiger partial charge in [-0.15, -0.1) is 0 Å². The second-order valence-electron chi connectivity index (χ2n) is 5.83. The number of aromatic nitrogens is 1. The highest BCUT2D eigenvalue weighted by Gasteiger charge is 2.22. The molecule has 21 heavy (non-hydrogen) atoms. The predicted octanol–water partition coefficient (Wildman–Crippen LogP) is 4.29. The molecule has 0 spiro atoms. The van der Waals surface area contributed by atoms with Gasteiger partial charge in [-0.25, -0.2) is 4.98 Å². The molecule has 2 aliphatic rings. The topological polar surface area (TPSA) is 31.4 Å². The lowest BCUT2D eigenvalue weighted by molar-refractivity contribution is 0.207. The Morgan fingerprint density at radius 1 is 1.05 bits per heavy atom. The Bertz CT molecular complexity index is 647. The molecule has 1 aromatic carbocycles. The Hall–Kier alpha value is -2.03. The van der Waals surface area contributed by atoms with E-state index < -0.39 is 0 Å². The normalized spacial score (nSPS) is 17.5. The molecule has 0 saturated heterocycles. The average molecular weight is 281 g/mol. The van der Waals surface area contributed by atoms with Crippen molar-refractivity contribution in [3.05, 3.63) is 47.7 Å². The van der Waals surface area contributed by atoms with Crippen LogP contribution in [0.2, 0.25) is 0 Å². The fourth-order valence-corrected chi connectivity index (χ4v) is 3.25. The monoisotopic (exact) mass is 281 g/mol. The summed E-state index contributed by atoms with van der Waals surface area (Å²) in [5.74, 6) is 2.62. The third kappa shape index (κ3) is 2.48. The van der Waals surface area contributed by atoms with E-state index in [1.165, 1.54) is 36.8 Å². The van der Waals surface area contributed by atoms with Crippen molar-refractivity contribution in [2.45, 2.75) is 44.6 Å². The molecule has 0 amide bonds. The standard InChI is InChI=1S/C18H19NO2/c1-2-7-14(6-1)20-16-8-3-9-17-15(16)11-10-13-5-4-12-19-18(13)21-17/h3-5,8-9,12,14H,1-2,6-7,10-11H2. The maximum Gasteiger partial charge on any atom is 0.222 e. The summed E-state index contributed by atoms with van der Waals surface area (Å²) in [4.78, 5) is 4.35. The molecule has 1 aliphatic heterocycles. The number of benzene rings is 1. The molecule has 1 aromatic heterocycles. The van der Waals surface area contributed by atoms with Gasteiger partial charge < -0.3 is 9.47 Å². The van der Waals surface area contributed by atoms with Crippen LogP contribution < -0.4 is 9.47 Å². The molecule has 2 aromatic rings. The third-order valence-electron chi connectivity index (χ3n) is 4.39. The van der Waals surface area contributed by atoms with Crippen molar-refractivity contribution in [1.29, 1.82) is 0 Å². The fraction of sp³-hybridized carbons (Fsp3) is 0.389. The maximum absolute atomic E-state index is 6.23. The van der Waals surface area contributed by atoms with Gasteiger partial charge >= 0.3 is 0 Å². The van der Waals surface area contributed by atoms with Gasteiger partial charge in [0.05, 0.1) is 6.10 Å². The molecule has 4 rings (SSSR count). The molecular formula is C18H19NO2. The first-order chi connectivity index (χ1) is 10.4. The van der Waals surface area contributed by atoms with Gasteiger partial charge in [0.1, 0.15) is 11.5 Å². The minimum Gasteiger partial charge on any atom is -0.490 e. The molecule has 3 heteroatoms. The molecule has 0 N–H and O–H groups in total. The number of fused-ring (bicyclic) bond motifs is 2. The van der Waals surface area contributed by atoms with Crippen LogP contribution >= 0.6 is 0 Å². The third-order valence-corrected chi connectivity index (χ3v) is 4.39. The minimum atomic E-state index is 0.375. The lowest BCUT2D eigenvalue weighted by Crippen LogP contribution is -2.12. The van der Waals surface area contributed by atoms with Gasteiger partial charge in [0, 0.05) is 17.3 Å². The summed E-state index contributed by atoms with van der Waals surface area (Å²) >= 11 is 0. The van der Waals surface area contributed by atoms with Crippen molar-refractivity contribution in [3.8, 4) is 17.4 Å². The lowest BCUT2D eigenvalue weighted by Gasteiger charge is -2.17. The molecule has 0 unspecified atom stereocenters. The summed E-state index contributed by atoms with van der Waals surface area (Å²) in [7, 11) is 0. The summed E-state index contributed by atoms with van der Waals surface area (Å²) in [5.41, 5.74) is 2.35. The predicted molar refractivity (Wildman–Crippen MR) is 81.0 cm³/mol. The van der Waals surface area contributed by atoms with Crippen molar-refractivity contribution in [2.75, 3.05) is 0 Å². The molecule has 0 atom stereocenters. The smallest absolute Gasteiger partial charge is 0.222 e. The zero-order chi connectivity index (χ0) is 14.1. The van der Waals surface area contributed by atoms with Crippen molar-refractivity contribution in [1.82, 2.24) is 4.98 Å². The zero-order valence-electron chi connectivity index (χ0n) is 12.0. The second kappa shape index (κ2) is 5.40. The molecule has 0 radical (unpaired) electrons. The van der Waals surface area contributed by atoms with Crippen LogP contribution in [0.4, 0.5) is 0 Å². The van der Waals surface area contributed by atoms with E-state index >= 15 is 0 Å².